The van der Waals surface area contributed by atoms with Crippen LogP contribution in [-0.4, -0.2) is 47.3 Å². The summed E-state index contributed by atoms with van der Waals surface area (Å²) in [6.07, 6.45) is 3.91. The normalized spacial score (nSPS) is 23.6. The van der Waals surface area contributed by atoms with Gasteiger partial charge in [-0.1, -0.05) is 26.8 Å². The van der Waals surface area contributed by atoms with Gasteiger partial charge < -0.3 is 10.4 Å². The summed E-state index contributed by atoms with van der Waals surface area (Å²) in [6.45, 7) is 11.2. The van der Waals surface area contributed by atoms with Gasteiger partial charge in [0.05, 0.1) is 5.69 Å². The third-order valence-electron chi connectivity index (χ3n) is 4.73. The highest BCUT2D eigenvalue weighted by atomic mass is 16.3. The van der Waals surface area contributed by atoms with Crippen molar-refractivity contribution in [3.05, 3.63) is 30.1 Å². The summed E-state index contributed by atoms with van der Waals surface area (Å²) in [5, 5.41) is 12.9. The van der Waals surface area contributed by atoms with E-state index in [1.807, 2.05) is 12.3 Å². The van der Waals surface area contributed by atoms with E-state index in [0.29, 0.717) is 12.0 Å². The standard InChI is InChI=1S/C18H31N3O/c1-15-12-21(13-16-6-4-5-9-19-16)10-7-17(15)20-14-18(2,3)8-11-22/h4-6,9,15,17,20,22H,7-8,10-14H2,1-3H3. The van der Waals surface area contributed by atoms with Gasteiger partial charge in [-0.3, -0.25) is 9.88 Å². The molecule has 22 heavy (non-hydrogen) atoms. The van der Waals surface area contributed by atoms with Crippen molar-refractivity contribution in [3.8, 4) is 0 Å². The van der Waals surface area contributed by atoms with E-state index in [-0.39, 0.29) is 12.0 Å². The Labute approximate surface area is 134 Å². The first-order valence-electron chi connectivity index (χ1n) is 8.47. The fourth-order valence-corrected chi connectivity index (χ4v) is 3.20. The van der Waals surface area contributed by atoms with Crippen LogP contribution in [0.2, 0.25) is 0 Å². The average Bonchev–Trinajstić information content (AvgIpc) is 2.47. The molecule has 0 radical (unpaired) electrons. The van der Waals surface area contributed by atoms with Crippen molar-refractivity contribution in [1.82, 2.24) is 15.2 Å². The molecule has 1 fully saturated rings. The molecular weight excluding hydrogens is 274 g/mol. The van der Waals surface area contributed by atoms with Crippen molar-refractivity contribution >= 4 is 0 Å². The number of nitrogens with one attached hydrogen (secondary N) is 1. The second kappa shape index (κ2) is 8.04. The van der Waals surface area contributed by atoms with Gasteiger partial charge in [-0.15, -0.1) is 0 Å². The lowest BCUT2D eigenvalue weighted by Crippen LogP contribution is -2.50. The minimum absolute atomic E-state index is 0.166. The second-order valence-electron chi connectivity index (χ2n) is 7.45. The zero-order chi connectivity index (χ0) is 16.0. The molecule has 0 aromatic carbocycles. The Bertz CT molecular complexity index is 435. The molecule has 0 spiro atoms. The largest absolute Gasteiger partial charge is 0.396 e. The Kier molecular flexibility index (Phi) is 6.36. The lowest BCUT2D eigenvalue weighted by Gasteiger charge is -2.39. The molecule has 2 unspecified atom stereocenters. The fourth-order valence-electron chi connectivity index (χ4n) is 3.20. The molecule has 2 rings (SSSR count). The fraction of sp³-hybridized carbons (Fsp3) is 0.722. The summed E-state index contributed by atoms with van der Waals surface area (Å²) >= 11 is 0. The van der Waals surface area contributed by atoms with Gasteiger partial charge in [0.25, 0.3) is 0 Å². The van der Waals surface area contributed by atoms with E-state index < -0.39 is 0 Å². The molecule has 4 nitrogen and oxygen atoms in total. The number of likely N-dealkylation sites (tertiary alicyclic amines) is 1. The highest BCUT2D eigenvalue weighted by Gasteiger charge is 2.27. The molecule has 0 aliphatic carbocycles. The van der Waals surface area contributed by atoms with Crippen molar-refractivity contribution in [2.45, 2.75) is 46.2 Å². The van der Waals surface area contributed by atoms with Gasteiger partial charge in [0.1, 0.15) is 0 Å². The third kappa shape index (κ3) is 5.34. The van der Waals surface area contributed by atoms with E-state index >= 15 is 0 Å². The lowest BCUT2D eigenvalue weighted by molar-refractivity contribution is 0.127. The Hall–Kier alpha value is -0.970. The first kappa shape index (κ1) is 17.4. The molecule has 1 aliphatic rings. The maximum atomic E-state index is 9.13. The van der Waals surface area contributed by atoms with E-state index in [9.17, 15) is 0 Å². The van der Waals surface area contributed by atoms with Crippen molar-refractivity contribution in [1.29, 1.82) is 0 Å². The molecule has 1 aromatic rings. The number of nitrogens with zero attached hydrogens (tertiary/aromatic N) is 2. The number of pyridine rings is 1. The predicted octanol–water partition coefficient (Wildman–Crippen LogP) is 2.29. The number of rotatable bonds is 7. The molecule has 124 valence electrons. The smallest absolute Gasteiger partial charge is 0.0543 e. The van der Waals surface area contributed by atoms with Gasteiger partial charge in [0.15, 0.2) is 0 Å². The van der Waals surface area contributed by atoms with Crippen LogP contribution in [0.1, 0.15) is 39.3 Å². The Morgan fingerprint density at radius 3 is 2.86 bits per heavy atom. The van der Waals surface area contributed by atoms with Crippen LogP contribution < -0.4 is 5.32 Å². The number of aliphatic hydroxyl groups excluding tert-OH is 1. The third-order valence-corrected chi connectivity index (χ3v) is 4.73. The Morgan fingerprint density at radius 2 is 2.23 bits per heavy atom. The SMILES string of the molecule is CC1CN(Cc2ccccn2)CCC1NCC(C)(C)CCO. The van der Waals surface area contributed by atoms with E-state index in [1.165, 1.54) is 6.42 Å². The zero-order valence-corrected chi connectivity index (χ0v) is 14.3. The van der Waals surface area contributed by atoms with Crippen LogP contribution in [0.15, 0.2) is 24.4 Å². The van der Waals surface area contributed by atoms with Crippen LogP contribution in [0.5, 0.6) is 0 Å². The second-order valence-corrected chi connectivity index (χ2v) is 7.45. The van der Waals surface area contributed by atoms with Gasteiger partial charge in [0, 0.05) is 45.0 Å². The highest BCUT2D eigenvalue weighted by molar-refractivity contribution is 5.03. The molecule has 4 heteroatoms. The van der Waals surface area contributed by atoms with Crippen molar-refractivity contribution in [3.63, 3.8) is 0 Å². The summed E-state index contributed by atoms with van der Waals surface area (Å²) in [6, 6.07) is 6.71. The molecule has 0 bridgehead atoms. The van der Waals surface area contributed by atoms with Crippen LogP contribution in [0, 0.1) is 11.3 Å². The number of aromatic nitrogens is 1. The summed E-state index contributed by atoms with van der Waals surface area (Å²) in [4.78, 5) is 6.93. The number of hydrogen-bond donors (Lipinski definition) is 2. The quantitative estimate of drug-likeness (QED) is 0.811. The van der Waals surface area contributed by atoms with E-state index in [2.05, 4.69) is 48.1 Å². The summed E-state index contributed by atoms with van der Waals surface area (Å²) in [5.41, 5.74) is 1.32. The van der Waals surface area contributed by atoms with E-state index in [1.54, 1.807) is 0 Å². The van der Waals surface area contributed by atoms with E-state index in [0.717, 1.165) is 38.3 Å². The predicted molar refractivity (Wildman–Crippen MR) is 90.6 cm³/mol. The maximum absolute atomic E-state index is 9.13. The number of hydrogen-bond acceptors (Lipinski definition) is 4. The van der Waals surface area contributed by atoms with Gasteiger partial charge >= 0.3 is 0 Å². The molecule has 1 aromatic heterocycles. The molecule has 0 saturated carbocycles. The zero-order valence-electron chi connectivity index (χ0n) is 14.3. The molecular formula is C18H31N3O. The lowest BCUT2D eigenvalue weighted by atomic mass is 9.87. The van der Waals surface area contributed by atoms with Crippen LogP contribution in [0.25, 0.3) is 0 Å². The summed E-state index contributed by atoms with van der Waals surface area (Å²) < 4.78 is 0. The molecule has 1 aliphatic heterocycles. The average molecular weight is 305 g/mol. The molecule has 2 N–H and O–H groups in total. The van der Waals surface area contributed by atoms with Crippen molar-refractivity contribution in [2.75, 3.05) is 26.2 Å². The van der Waals surface area contributed by atoms with Gasteiger partial charge in [-0.05, 0) is 36.3 Å². The topological polar surface area (TPSA) is 48.4 Å². The molecule has 2 heterocycles. The van der Waals surface area contributed by atoms with Gasteiger partial charge in [0.2, 0.25) is 0 Å². The van der Waals surface area contributed by atoms with Crippen molar-refractivity contribution in [2.24, 2.45) is 11.3 Å². The number of aliphatic hydroxyl groups is 1. The first-order valence-corrected chi connectivity index (χ1v) is 8.47. The summed E-state index contributed by atoms with van der Waals surface area (Å²) in [5.74, 6) is 0.641. The van der Waals surface area contributed by atoms with Crippen LogP contribution in [-0.2, 0) is 6.54 Å². The first-order chi connectivity index (χ1) is 10.5. The van der Waals surface area contributed by atoms with Gasteiger partial charge in [-0.2, -0.15) is 0 Å². The van der Waals surface area contributed by atoms with Crippen LogP contribution in [0.3, 0.4) is 0 Å². The highest BCUT2D eigenvalue weighted by Crippen LogP contribution is 2.22. The molecule has 0 amide bonds. The minimum atomic E-state index is 0.166. The summed E-state index contributed by atoms with van der Waals surface area (Å²) in [7, 11) is 0. The minimum Gasteiger partial charge on any atom is -0.396 e. The van der Waals surface area contributed by atoms with Crippen LogP contribution in [0.4, 0.5) is 0 Å². The van der Waals surface area contributed by atoms with Crippen molar-refractivity contribution < 1.29 is 5.11 Å². The molecule has 1 saturated heterocycles. The van der Waals surface area contributed by atoms with Crippen LogP contribution >= 0.6 is 0 Å². The van der Waals surface area contributed by atoms with E-state index in [4.69, 9.17) is 5.11 Å². The maximum Gasteiger partial charge on any atom is 0.0543 e. The van der Waals surface area contributed by atoms with Gasteiger partial charge in [-0.25, -0.2) is 0 Å². The Morgan fingerprint density at radius 1 is 1.41 bits per heavy atom. The molecule has 2 atom stereocenters. The Balaban J connectivity index is 1.78. The number of piperidine rings is 1. The monoisotopic (exact) mass is 305 g/mol.